The van der Waals surface area contributed by atoms with Gasteiger partial charge in [0.05, 0.1) is 6.61 Å². The normalized spacial score (nSPS) is 27.4. The van der Waals surface area contributed by atoms with Crippen LogP contribution in [0.2, 0.25) is 0 Å². The third-order valence-electron chi connectivity index (χ3n) is 3.82. The summed E-state index contributed by atoms with van der Waals surface area (Å²) in [5.74, 6) is -0.701. The molecular formula is C13H15N3O7. The molecule has 0 aliphatic carbocycles. The van der Waals surface area contributed by atoms with Gasteiger partial charge < -0.3 is 25.2 Å². The molecule has 1 saturated heterocycles. The van der Waals surface area contributed by atoms with Crippen molar-refractivity contribution in [3.63, 3.8) is 0 Å². The number of rotatable bonds is 3. The molecule has 10 nitrogen and oxygen atoms in total. The molecule has 124 valence electrons. The van der Waals surface area contributed by atoms with Gasteiger partial charge in [0.2, 0.25) is 0 Å². The van der Waals surface area contributed by atoms with E-state index in [0.717, 1.165) is 15.2 Å². The second-order valence-electron chi connectivity index (χ2n) is 5.17. The van der Waals surface area contributed by atoms with Crippen molar-refractivity contribution in [2.24, 2.45) is 0 Å². The number of ether oxygens (including phenoxy) is 1. The quantitative estimate of drug-likeness (QED) is 0.448. The first kappa shape index (κ1) is 15.3. The molecule has 1 aliphatic heterocycles. The van der Waals surface area contributed by atoms with E-state index in [1.165, 1.54) is 18.3 Å². The number of hydrogen-bond acceptors (Lipinski definition) is 7. The zero-order chi connectivity index (χ0) is 16.7. The van der Waals surface area contributed by atoms with Crippen molar-refractivity contribution < 1.29 is 25.2 Å². The van der Waals surface area contributed by atoms with Crippen LogP contribution < -0.4 is 11.2 Å². The second kappa shape index (κ2) is 5.57. The maximum atomic E-state index is 12.0. The van der Waals surface area contributed by atoms with Gasteiger partial charge in [-0.1, -0.05) is 0 Å². The van der Waals surface area contributed by atoms with E-state index in [2.05, 4.69) is 4.98 Å². The maximum Gasteiger partial charge on any atom is 0.330 e. The van der Waals surface area contributed by atoms with Crippen molar-refractivity contribution in [2.45, 2.75) is 24.5 Å². The molecule has 1 fully saturated rings. The molecule has 23 heavy (non-hydrogen) atoms. The zero-order valence-corrected chi connectivity index (χ0v) is 11.7. The van der Waals surface area contributed by atoms with Crippen LogP contribution in [0.5, 0.6) is 11.8 Å². The Balaban J connectivity index is 2.13. The van der Waals surface area contributed by atoms with Crippen LogP contribution in [-0.4, -0.2) is 53.4 Å². The lowest BCUT2D eigenvalue weighted by molar-refractivity contribution is -0.0479. The van der Waals surface area contributed by atoms with E-state index in [0.29, 0.717) is 0 Å². The topological polar surface area (TPSA) is 150 Å². The lowest BCUT2D eigenvalue weighted by Gasteiger charge is -2.24. The van der Waals surface area contributed by atoms with Crippen molar-refractivity contribution in [1.29, 1.82) is 0 Å². The van der Waals surface area contributed by atoms with Gasteiger partial charge in [-0.3, -0.25) is 18.9 Å². The summed E-state index contributed by atoms with van der Waals surface area (Å²) >= 11 is 0. The molecule has 2 unspecified atom stereocenters. The Morgan fingerprint density at radius 1 is 1.17 bits per heavy atom. The molecular weight excluding hydrogens is 310 g/mol. The first-order valence-corrected chi connectivity index (χ1v) is 6.79. The number of aromatic nitrogens is 3. The van der Waals surface area contributed by atoms with Crippen molar-refractivity contribution >= 4 is 0 Å². The minimum atomic E-state index is -1.31. The Hall–Kier alpha value is -2.56. The number of H-pyrrole nitrogens is 1. The Labute approximate surface area is 128 Å². The number of aromatic amines is 1. The molecule has 0 amide bonds. The molecule has 10 heteroatoms. The summed E-state index contributed by atoms with van der Waals surface area (Å²) in [4.78, 5) is 25.2. The molecule has 3 heterocycles. The van der Waals surface area contributed by atoms with E-state index < -0.39 is 42.3 Å². The molecule has 0 saturated carbocycles. The highest BCUT2D eigenvalue weighted by Crippen LogP contribution is 2.42. The third-order valence-corrected chi connectivity index (χ3v) is 3.82. The predicted molar refractivity (Wildman–Crippen MR) is 75.1 cm³/mol. The fourth-order valence-electron chi connectivity index (χ4n) is 2.75. The van der Waals surface area contributed by atoms with E-state index in [1.54, 1.807) is 0 Å². The fourth-order valence-corrected chi connectivity index (χ4v) is 2.75. The highest BCUT2D eigenvalue weighted by molar-refractivity contribution is 5.26. The van der Waals surface area contributed by atoms with Gasteiger partial charge in [-0.2, -0.15) is 0 Å². The summed E-state index contributed by atoms with van der Waals surface area (Å²) in [5.41, 5.74) is -1.39. The number of nitrogens with one attached hydrogen (secondary N) is 1. The maximum absolute atomic E-state index is 12.0. The van der Waals surface area contributed by atoms with Crippen LogP contribution in [0.15, 0.2) is 34.0 Å². The van der Waals surface area contributed by atoms with Crippen LogP contribution >= 0.6 is 0 Å². The number of hydrogen-bond donors (Lipinski definition) is 5. The fraction of sp³-hybridized carbons (Fsp3) is 0.385. The molecule has 5 N–H and O–H groups in total. The van der Waals surface area contributed by atoms with E-state index in [-0.39, 0.29) is 11.8 Å². The van der Waals surface area contributed by atoms with Crippen LogP contribution in [0.1, 0.15) is 12.3 Å². The number of aliphatic hydroxyl groups is 2. The minimum absolute atomic E-state index is 0.351. The monoisotopic (exact) mass is 325 g/mol. The summed E-state index contributed by atoms with van der Waals surface area (Å²) in [6.45, 7) is -0.533. The van der Waals surface area contributed by atoms with Crippen LogP contribution in [0.3, 0.4) is 0 Å². The van der Waals surface area contributed by atoms with Gasteiger partial charge in [-0.25, -0.2) is 4.79 Å². The summed E-state index contributed by atoms with van der Waals surface area (Å²) in [6, 6.07) is 2.42. The average molecular weight is 325 g/mol. The predicted octanol–water partition coefficient (Wildman–Crippen LogP) is -1.76. The second-order valence-corrected chi connectivity index (χ2v) is 5.17. The van der Waals surface area contributed by atoms with Gasteiger partial charge in [0.15, 0.2) is 18.0 Å². The van der Waals surface area contributed by atoms with E-state index >= 15 is 0 Å². The number of nitrogens with zero attached hydrogens (tertiary/aromatic N) is 2. The molecule has 0 spiro atoms. The van der Waals surface area contributed by atoms with E-state index in [4.69, 9.17) is 4.74 Å². The highest BCUT2D eigenvalue weighted by Gasteiger charge is 2.47. The van der Waals surface area contributed by atoms with Crippen LogP contribution in [0, 0.1) is 0 Å². The average Bonchev–Trinajstić information content (AvgIpc) is 2.99. The number of aliphatic hydroxyl groups excluding tert-OH is 2. The molecule has 4 atom stereocenters. The largest absolute Gasteiger partial charge is 0.494 e. The smallest absolute Gasteiger partial charge is 0.330 e. The Bertz CT molecular complexity index is 804. The van der Waals surface area contributed by atoms with Gasteiger partial charge in [-0.05, 0) is 0 Å². The molecule has 0 bridgehead atoms. The Kier molecular flexibility index (Phi) is 3.72. The van der Waals surface area contributed by atoms with Crippen molar-refractivity contribution in [3.05, 3.63) is 45.2 Å². The first-order chi connectivity index (χ1) is 10.9. The van der Waals surface area contributed by atoms with Gasteiger partial charge in [0.1, 0.15) is 18.2 Å². The van der Waals surface area contributed by atoms with Crippen LogP contribution in [0.4, 0.5) is 0 Å². The minimum Gasteiger partial charge on any atom is -0.494 e. The molecule has 0 aromatic carbocycles. The first-order valence-electron chi connectivity index (χ1n) is 6.79. The van der Waals surface area contributed by atoms with Gasteiger partial charge in [0.25, 0.3) is 5.56 Å². The van der Waals surface area contributed by atoms with Gasteiger partial charge in [0, 0.05) is 24.4 Å². The summed E-state index contributed by atoms with van der Waals surface area (Å²) in [7, 11) is 0. The molecule has 0 radical (unpaired) electrons. The summed E-state index contributed by atoms with van der Waals surface area (Å²) < 4.78 is 7.47. The zero-order valence-electron chi connectivity index (χ0n) is 11.7. The highest BCUT2D eigenvalue weighted by atomic mass is 16.5. The third kappa shape index (κ3) is 2.42. The SMILES string of the molecule is O=c1ccn([C@H]2O[C@@H](CO)C(O)C2n2c(O)ccc2O)c(=O)[nH]1. The molecule has 3 rings (SSSR count). The van der Waals surface area contributed by atoms with Crippen molar-refractivity contribution in [1.82, 2.24) is 14.1 Å². The van der Waals surface area contributed by atoms with Gasteiger partial charge in [-0.15, -0.1) is 0 Å². The Morgan fingerprint density at radius 2 is 1.83 bits per heavy atom. The molecule has 1 aliphatic rings. The summed E-state index contributed by atoms with van der Waals surface area (Å²) in [5, 5.41) is 39.4. The van der Waals surface area contributed by atoms with Crippen molar-refractivity contribution in [3.8, 4) is 11.8 Å². The van der Waals surface area contributed by atoms with Gasteiger partial charge >= 0.3 is 5.69 Å². The number of aromatic hydroxyl groups is 2. The van der Waals surface area contributed by atoms with E-state index in [9.17, 15) is 30.0 Å². The van der Waals surface area contributed by atoms with E-state index in [1.807, 2.05) is 0 Å². The van der Waals surface area contributed by atoms with Crippen LogP contribution in [0.25, 0.3) is 0 Å². The standard InChI is InChI=1S/C13H15N3O7/c17-5-6-11(21)10(16-8(19)1-2-9(16)20)12(23-6)15-4-3-7(18)14-13(15)22/h1-4,6,10-12,17,19-21H,5H2,(H,14,18,22)/t6-,10?,11?,12-/m0/s1. The van der Waals surface area contributed by atoms with Crippen molar-refractivity contribution in [2.75, 3.05) is 6.61 Å². The molecule has 2 aromatic heterocycles. The molecule has 2 aromatic rings. The lowest BCUT2D eigenvalue weighted by Crippen LogP contribution is -2.35. The summed E-state index contributed by atoms with van der Waals surface area (Å²) in [6.07, 6.45) is -2.34. The lowest BCUT2D eigenvalue weighted by atomic mass is 10.1. The Morgan fingerprint density at radius 3 is 2.39 bits per heavy atom. The van der Waals surface area contributed by atoms with Crippen LogP contribution in [-0.2, 0) is 4.74 Å².